The number of ether oxygens (including phenoxy) is 1. The Kier molecular flexibility index (Phi) is 4.84. The number of fused-ring (bicyclic) bond motifs is 3. The lowest BCUT2D eigenvalue weighted by Crippen LogP contribution is -2.32. The number of nitrogens with two attached hydrogens (primary N) is 1. The Labute approximate surface area is 181 Å². The minimum Gasteiger partial charge on any atom is -0.383 e. The monoisotopic (exact) mass is 412 g/mol. The number of rotatable bonds is 5. The summed E-state index contributed by atoms with van der Waals surface area (Å²) in [7, 11) is 0. The quantitative estimate of drug-likeness (QED) is 0.644. The molecule has 1 aliphatic carbocycles. The second-order valence-corrected chi connectivity index (χ2v) is 8.41. The lowest BCUT2D eigenvalue weighted by Gasteiger charge is -2.23. The molecule has 1 atom stereocenters. The molecule has 0 saturated heterocycles. The maximum atomic E-state index is 13.5. The highest BCUT2D eigenvalue weighted by Gasteiger charge is 2.29. The molecule has 5 rings (SSSR count). The smallest absolute Gasteiger partial charge is 0.255 e. The molecular formula is C25H24N4O2. The zero-order valence-electron chi connectivity index (χ0n) is 17.5. The molecule has 1 amide bonds. The number of carbonyl (C=O) groups excluding carboxylic acids is 1. The van der Waals surface area contributed by atoms with E-state index < -0.39 is 0 Å². The molecule has 1 aliphatic heterocycles. The highest BCUT2D eigenvalue weighted by Crippen LogP contribution is 2.38. The maximum absolute atomic E-state index is 13.5. The van der Waals surface area contributed by atoms with Crippen molar-refractivity contribution < 1.29 is 9.53 Å². The van der Waals surface area contributed by atoms with Gasteiger partial charge in [0, 0.05) is 35.8 Å². The molecule has 1 aromatic carbocycles. The van der Waals surface area contributed by atoms with Crippen molar-refractivity contribution in [2.75, 3.05) is 12.3 Å². The van der Waals surface area contributed by atoms with Gasteiger partial charge in [0.1, 0.15) is 5.82 Å². The molecule has 3 heterocycles. The van der Waals surface area contributed by atoms with Crippen LogP contribution in [0.15, 0.2) is 36.5 Å². The van der Waals surface area contributed by atoms with Crippen molar-refractivity contribution >= 4 is 22.8 Å². The van der Waals surface area contributed by atoms with Crippen LogP contribution in [0.1, 0.15) is 58.5 Å². The van der Waals surface area contributed by atoms with Crippen LogP contribution in [-0.2, 0) is 17.9 Å². The molecule has 31 heavy (non-hydrogen) atoms. The second kappa shape index (κ2) is 7.68. The van der Waals surface area contributed by atoms with E-state index >= 15 is 0 Å². The summed E-state index contributed by atoms with van der Waals surface area (Å²) in [5.74, 6) is 3.62. The number of pyridine rings is 2. The number of amides is 1. The van der Waals surface area contributed by atoms with Gasteiger partial charge in [-0.25, -0.2) is 9.97 Å². The lowest BCUT2D eigenvalue weighted by molar-refractivity contribution is 0.0734. The van der Waals surface area contributed by atoms with Crippen LogP contribution in [0.25, 0.3) is 11.0 Å². The molecule has 1 unspecified atom stereocenters. The number of hydrogen-bond acceptors (Lipinski definition) is 5. The van der Waals surface area contributed by atoms with Crippen LogP contribution in [0.5, 0.6) is 0 Å². The third kappa shape index (κ3) is 3.73. The van der Waals surface area contributed by atoms with E-state index in [-0.39, 0.29) is 12.0 Å². The minimum absolute atomic E-state index is 0.0279. The van der Waals surface area contributed by atoms with E-state index in [2.05, 4.69) is 15.9 Å². The van der Waals surface area contributed by atoms with Crippen molar-refractivity contribution in [3.05, 3.63) is 64.3 Å². The van der Waals surface area contributed by atoms with Crippen molar-refractivity contribution in [3.8, 4) is 12.3 Å². The number of aromatic nitrogens is 2. The van der Waals surface area contributed by atoms with Crippen molar-refractivity contribution in [1.82, 2.24) is 14.9 Å². The average Bonchev–Trinajstić information content (AvgIpc) is 3.52. The van der Waals surface area contributed by atoms with E-state index in [1.165, 1.54) is 12.8 Å². The van der Waals surface area contributed by atoms with E-state index in [0.29, 0.717) is 36.1 Å². The first-order valence-electron chi connectivity index (χ1n) is 10.6. The highest BCUT2D eigenvalue weighted by molar-refractivity contribution is 5.98. The van der Waals surface area contributed by atoms with Gasteiger partial charge in [-0.05, 0) is 55.0 Å². The first kappa shape index (κ1) is 19.5. The number of hydrogen-bond donors (Lipinski definition) is 1. The molecule has 2 aromatic heterocycles. The standard InChI is InChI=1S/C25H24N4O2/c1-3-16-4-6-17(7-5-16)12-29(13-18-8-9-18)25(30)19-10-20-21-14-31-15(2)22(21)23(26)28-24(20)27-11-19/h1,4-7,10-11,15,18H,8-9,12-14H2,2H3,(H2,26,27,28). The number of carbonyl (C=O) groups is 1. The fourth-order valence-corrected chi connectivity index (χ4v) is 4.20. The Balaban J connectivity index is 1.48. The average molecular weight is 412 g/mol. The normalized spacial score (nSPS) is 17.4. The zero-order chi connectivity index (χ0) is 21.5. The first-order chi connectivity index (χ1) is 15.0. The number of nitrogen functional groups attached to an aromatic ring is 1. The summed E-state index contributed by atoms with van der Waals surface area (Å²) in [5.41, 5.74) is 11.0. The van der Waals surface area contributed by atoms with Crippen LogP contribution in [-0.4, -0.2) is 27.3 Å². The number of nitrogens with zero attached hydrogens (tertiary/aromatic N) is 3. The van der Waals surface area contributed by atoms with Crippen molar-refractivity contribution in [3.63, 3.8) is 0 Å². The molecule has 6 nitrogen and oxygen atoms in total. The van der Waals surface area contributed by atoms with Crippen LogP contribution in [0.2, 0.25) is 0 Å². The van der Waals surface area contributed by atoms with Gasteiger partial charge in [-0.15, -0.1) is 6.42 Å². The minimum atomic E-state index is -0.108. The van der Waals surface area contributed by atoms with Gasteiger partial charge in [0.05, 0.1) is 18.3 Å². The summed E-state index contributed by atoms with van der Waals surface area (Å²) < 4.78 is 5.76. The second-order valence-electron chi connectivity index (χ2n) is 8.41. The number of terminal acetylenes is 1. The van der Waals surface area contributed by atoms with E-state index in [0.717, 1.165) is 34.2 Å². The van der Waals surface area contributed by atoms with E-state index in [4.69, 9.17) is 16.9 Å². The van der Waals surface area contributed by atoms with E-state index in [1.807, 2.05) is 42.2 Å². The number of anilines is 1. The van der Waals surface area contributed by atoms with E-state index in [1.54, 1.807) is 6.20 Å². The van der Waals surface area contributed by atoms with Crippen LogP contribution >= 0.6 is 0 Å². The van der Waals surface area contributed by atoms with Crippen molar-refractivity contribution in [1.29, 1.82) is 0 Å². The Hall–Kier alpha value is -3.43. The van der Waals surface area contributed by atoms with Gasteiger partial charge in [-0.3, -0.25) is 4.79 Å². The summed E-state index contributed by atoms with van der Waals surface area (Å²) in [6.45, 7) is 3.69. The number of benzene rings is 1. The molecular weight excluding hydrogens is 388 g/mol. The molecule has 156 valence electrons. The lowest BCUT2D eigenvalue weighted by atomic mass is 10.0. The van der Waals surface area contributed by atoms with Crippen LogP contribution in [0.4, 0.5) is 5.82 Å². The molecule has 6 heteroatoms. The molecule has 3 aromatic rings. The molecule has 1 fully saturated rings. The third-order valence-corrected chi connectivity index (χ3v) is 6.11. The predicted octanol–water partition coefficient (Wildman–Crippen LogP) is 3.84. The van der Waals surface area contributed by atoms with Gasteiger partial charge in [0.15, 0.2) is 5.65 Å². The van der Waals surface area contributed by atoms with Gasteiger partial charge in [0.2, 0.25) is 0 Å². The van der Waals surface area contributed by atoms with Crippen molar-refractivity contribution in [2.45, 2.75) is 39.0 Å². The fourth-order valence-electron chi connectivity index (χ4n) is 4.20. The van der Waals surface area contributed by atoms with Crippen molar-refractivity contribution in [2.24, 2.45) is 5.92 Å². The first-order valence-corrected chi connectivity index (χ1v) is 10.6. The van der Waals surface area contributed by atoms with Gasteiger partial charge in [0.25, 0.3) is 5.91 Å². The molecule has 0 spiro atoms. The molecule has 1 saturated carbocycles. The van der Waals surface area contributed by atoms with E-state index in [9.17, 15) is 4.79 Å². The summed E-state index contributed by atoms with van der Waals surface area (Å²) in [6.07, 6.45) is 9.29. The third-order valence-electron chi connectivity index (χ3n) is 6.11. The fraction of sp³-hybridized carbons (Fsp3) is 0.320. The summed E-state index contributed by atoms with van der Waals surface area (Å²) >= 11 is 0. The van der Waals surface area contributed by atoms with Crippen LogP contribution in [0.3, 0.4) is 0 Å². The zero-order valence-corrected chi connectivity index (χ0v) is 17.5. The molecule has 2 aliphatic rings. The Morgan fingerprint density at radius 1 is 1.32 bits per heavy atom. The van der Waals surface area contributed by atoms with Gasteiger partial charge in [-0.2, -0.15) is 0 Å². The van der Waals surface area contributed by atoms with Gasteiger partial charge < -0.3 is 15.4 Å². The van der Waals surface area contributed by atoms with Crippen LogP contribution in [0, 0.1) is 18.3 Å². The Morgan fingerprint density at radius 2 is 2.10 bits per heavy atom. The van der Waals surface area contributed by atoms with Crippen LogP contribution < -0.4 is 5.73 Å². The Morgan fingerprint density at radius 3 is 2.81 bits per heavy atom. The van der Waals surface area contributed by atoms with Gasteiger partial charge >= 0.3 is 0 Å². The SMILES string of the molecule is C#Cc1ccc(CN(CC2CC2)C(=O)c2cnc3nc(N)c4c(c3c2)COC4C)cc1. The summed E-state index contributed by atoms with van der Waals surface area (Å²) in [4.78, 5) is 24.3. The topological polar surface area (TPSA) is 81.3 Å². The predicted molar refractivity (Wildman–Crippen MR) is 119 cm³/mol. The largest absolute Gasteiger partial charge is 0.383 e. The molecule has 0 bridgehead atoms. The summed E-state index contributed by atoms with van der Waals surface area (Å²) in [6, 6.07) is 9.68. The maximum Gasteiger partial charge on any atom is 0.255 e. The highest BCUT2D eigenvalue weighted by atomic mass is 16.5. The summed E-state index contributed by atoms with van der Waals surface area (Å²) in [5, 5.41) is 0.837. The Bertz CT molecular complexity index is 1210. The van der Waals surface area contributed by atoms with Gasteiger partial charge in [-0.1, -0.05) is 18.1 Å². The molecule has 0 radical (unpaired) electrons. The molecule has 2 N–H and O–H groups in total.